The van der Waals surface area contributed by atoms with E-state index >= 15 is 0 Å². The topological polar surface area (TPSA) is 3.24 Å². The molecule has 0 radical (unpaired) electrons. The summed E-state index contributed by atoms with van der Waals surface area (Å²) in [7, 11) is 4.31. The molecule has 1 heteroatoms. The van der Waals surface area contributed by atoms with Crippen molar-refractivity contribution in [1.82, 2.24) is 0 Å². The van der Waals surface area contributed by atoms with Crippen LogP contribution in [-0.4, -0.2) is 14.1 Å². The number of fused-ring (bicyclic) bond motifs is 3. The highest BCUT2D eigenvalue weighted by molar-refractivity contribution is 6.20. The predicted octanol–water partition coefficient (Wildman–Crippen LogP) is 8.46. The van der Waals surface area contributed by atoms with Crippen molar-refractivity contribution in [2.75, 3.05) is 19.0 Å². The Kier molecular flexibility index (Phi) is 5.88. The summed E-state index contributed by atoms with van der Waals surface area (Å²) in [4.78, 5) is 2.26. The zero-order valence-electron chi connectivity index (χ0n) is 19.8. The second-order valence-electron chi connectivity index (χ2n) is 9.26. The SMILES string of the molecule is CC(CCc1ccccc1)c1ccc(-c2c(N(C)C)c3ccccc3c3ccccc23)cc1. The van der Waals surface area contributed by atoms with E-state index in [2.05, 4.69) is 129 Å². The van der Waals surface area contributed by atoms with Crippen LogP contribution in [0.5, 0.6) is 0 Å². The van der Waals surface area contributed by atoms with Crippen molar-refractivity contribution < 1.29 is 0 Å². The minimum atomic E-state index is 0.529. The van der Waals surface area contributed by atoms with Crippen LogP contribution in [0.3, 0.4) is 0 Å². The van der Waals surface area contributed by atoms with E-state index in [0.29, 0.717) is 5.92 Å². The normalized spacial score (nSPS) is 12.2. The molecular formula is C32H31N. The number of hydrogen-bond donors (Lipinski definition) is 0. The molecule has 0 aliphatic rings. The van der Waals surface area contributed by atoms with E-state index in [4.69, 9.17) is 0 Å². The highest BCUT2D eigenvalue weighted by Gasteiger charge is 2.17. The van der Waals surface area contributed by atoms with Crippen molar-refractivity contribution in [3.8, 4) is 11.1 Å². The molecule has 5 aromatic carbocycles. The number of nitrogens with zero attached hydrogens (tertiary/aromatic N) is 1. The standard InChI is InChI=1S/C32H31N/c1-23(17-18-24-11-5-4-6-12-24)25-19-21-26(22-20-25)31-29-15-9-7-13-27(29)28-14-8-10-16-30(28)32(31)33(2)3/h4-16,19-23H,17-18H2,1-3H3. The molecule has 0 amide bonds. The first kappa shape index (κ1) is 21.3. The van der Waals surface area contributed by atoms with Crippen molar-refractivity contribution in [2.24, 2.45) is 0 Å². The third kappa shape index (κ3) is 4.12. The van der Waals surface area contributed by atoms with Crippen molar-refractivity contribution in [3.63, 3.8) is 0 Å². The third-order valence-corrected chi connectivity index (χ3v) is 6.83. The van der Waals surface area contributed by atoms with Gasteiger partial charge in [0, 0.05) is 25.0 Å². The van der Waals surface area contributed by atoms with Crippen LogP contribution in [0.2, 0.25) is 0 Å². The smallest absolute Gasteiger partial charge is 0.0526 e. The van der Waals surface area contributed by atoms with Crippen LogP contribution in [0, 0.1) is 0 Å². The molecule has 0 N–H and O–H groups in total. The number of benzene rings is 5. The molecule has 1 nitrogen and oxygen atoms in total. The van der Waals surface area contributed by atoms with E-state index in [1.165, 1.54) is 49.5 Å². The zero-order chi connectivity index (χ0) is 22.8. The number of anilines is 1. The molecule has 33 heavy (non-hydrogen) atoms. The molecule has 0 aliphatic heterocycles. The first-order valence-corrected chi connectivity index (χ1v) is 11.9. The Morgan fingerprint density at radius 1 is 0.606 bits per heavy atom. The molecular weight excluding hydrogens is 398 g/mol. The van der Waals surface area contributed by atoms with Crippen LogP contribution in [0.25, 0.3) is 32.7 Å². The lowest BCUT2D eigenvalue weighted by atomic mass is 9.88. The number of aryl methyl sites for hydroxylation is 1. The van der Waals surface area contributed by atoms with E-state index in [-0.39, 0.29) is 0 Å². The van der Waals surface area contributed by atoms with Gasteiger partial charge in [0.2, 0.25) is 0 Å². The maximum atomic E-state index is 2.34. The maximum absolute atomic E-state index is 2.34. The van der Waals surface area contributed by atoms with Gasteiger partial charge in [-0.05, 0) is 51.6 Å². The highest BCUT2D eigenvalue weighted by Crippen LogP contribution is 2.43. The Morgan fingerprint density at radius 3 is 1.79 bits per heavy atom. The fourth-order valence-electron chi connectivity index (χ4n) is 5.05. The summed E-state index contributed by atoms with van der Waals surface area (Å²) >= 11 is 0. The molecule has 0 heterocycles. The van der Waals surface area contributed by atoms with Crippen molar-refractivity contribution in [1.29, 1.82) is 0 Å². The molecule has 5 rings (SSSR count). The van der Waals surface area contributed by atoms with Gasteiger partial charge in [-0.2, -0.15) is 0 Å². The highest BCUT2D eigenvalue weighted by atomic mass is 15.1. The monoisotopic (exact) mass is 429 g/mol. The minimum Gasteiger partial charge on any atom is -0.377 e. The summed E-state index contributed by atoms with van der Waals surface area (Å²) in [6.07, 6.45) is 2.27. The molecule has 0 aromatic heterocycles. The largest absolute Gasteiger partial charge is 0.377 e. The predicted molar refractivity (Wildman–Crippen MR) is 144 cm³/mol. The quantitative estimate of drug-likeness (QED) is 0.245. The summed E-state index contributed by atoms with van der Waals surface area (Å²) in [5.41, 5.74) is 6.71. The summed E-state index contributed by atoms with van der Waals surface area (Å²) in [5, 5.41) is 5.24. The van der Waals surface area contributed by atoms with Crippen molar-refractivity contribution in [3.05, 3.63) is 114 Å². The van der Waals surface area contributed by atoms with Gasteiger partial charge in [-0.1, -0.05) is 110 Å². The first-order valence-electron chi connectivity index (χ1n) is 11.9. The van der Waals surface area contributed by atoms with Crippen LogP contribution >= 0.6 is 0 Å². The molecule has 164 valence electrons. The fourth-order valence-corrected chi connectivity index (χ4v) is 5.05. The second-order valence-corrected chi connectivity index (χ2v) is 9.26. The molecule has 1 unspecified atom stereocenters. The second kappa shape index (κ2) is 9.11. The van der Waals surface area contributed by atoms with Crippen LogP contribution in [0.15, 0.2) is 103 Å². The van der Waals surface area contributed by atoms with E-state index < -0.39 is 0 Å². The lowest BCUT2D eigenvalue weighted by molar-refractivity contribution is 0.680. The molecule has 0 spiro atoms. The van der Waals surface area contributed by atoms with Crippen LogP contribution in [0.1, 0.15) is 30.4 Å². The third-order valence-electron chi connectivity index (χ3n) is 6.83. The molecule has 0 fully saturated rings. The zero-order valence-corrected chi connectivity index (χ0v) is 19.8. The van der Waals surface area contributed by atoms with E-state index in [9.17, 15) is 0 Å². The van der Waals surface area contributed by atoms with Crippen LogP contribution in [0.4, 0.5) is 5.69 Å². The van der Waals surface area contributed by atoms with Crippen molar-refractivity contribution in [2.45, 2.75) is 25.7 Å². The summed E-state index contributed by atoms with van der Waals surface area (Å²) in [6, 6.07) is 37.7. The van der Waals surface area contributed by atoms with Gasteiger partial charge < -0.3 is 4.90 Å². The van der Waals surface area contributed by atoms with Crippen molar-refractivity contribution >= 4 is 27.2 Å². The average Bonchev–Trinajstić information content (AvgIpc) is 2.87. The van der Waals surface area contributed by atoms with Gasteiger partial charge >= 0.3 is 0 Å². The minimum absolute atomic E-state index is 0.529. The van der Waals surface area contributed by atoms with Gasteiger partial charge in [0.1, 0.15) is 0 Å². The van der Waals surface area contributed by atoms with E-state index in [1.807, 2.05) is 0 Å². The Labute approximate surface area is 197 Å². The first-order chi connectivity index (χ1) is 16.1. The molecule has 1 atom stereocenters. The van der Waals surface area contributed by atoms with Gasteiger partial charge in [-0.25, -0.2) is 0 Å². The lowest BCUT2D eigenvalue weighted by Crippen LogP contribution is -2.11. The van der Waals surface area contributed by atoms with Crippen LogP contribution in [-0.2, 0) is 6.42 Å². The number of rotatable bonds is 6. The Morgan fingerprint density at radius 2 is 1.15 bits per heavy atom. The number of hydrogen-bond acceptors (Lipinski definition) is 1. The molecule has 0 aliphatic carbocycles. The van der Waals surface area contributed by atoms with E-state index in [0.717, 1.165) is 12.8 Å². The van der Waals surface area contributed by atoms with Gasteiger partial charge in [-0.15, -0.1) is 0 Å². The van der Waals surface area contributed by atoms with Gasteiger partial charge in [0.15, 0.2) is 0 Å². The molecule has 0 bridgehead atoms. The Hall–Kier alpha value is -3.58. The summed E-state index contributed by atoms with van der Waals surface area (Å²) in [6.45, 7) is 2.34. The molecule has 0 saturated heterocycles. The maximum Gasteiger partial charge on any atom is 0.0526 e. The molecule has 5 aromatic rings. The van der Waals surface area contributed by atoms with Crippen LogP contribution < -0.4 is 4.90 Å². The lowest BCUT2D eigenvalue weighted by Gasteiger charge is -2.23. The summed E-state index contributed by atoms with van der Waals surface area (Å²) in [5.74, 6) is 0.529. The van der Waals surface area contributed by atoms with Gasteiger partial charge in [-0.3, -0.25) is 0 Å². The Balaban J connectivity index is 1.55. The summed E-state index contributed by atoms with van der Waals surface area (Å²) < 4.78 is 0. The average molecular weight is 430 g/mol. The molecule has 0 saturated carbocycles. The van der Waals surface area contributed by atoms with Gasteiger partial charge in [0.05, 0.1) is 5.69 Å². The van der Waals surface area contributed by atoms with E-state index in [1.54, 1.807) is 0 Å². The Bertz CT molecular complexity index is 1380. The van der Waals surface area contributed by atoms with Gasteiger partial charge in [0.25, 0.3) is 0 Å². The fraction of sp³-hybridized carbons (Fsp3) is 0.188.